The monoisotopic (exact) mass is 368 g/mol. The summed E-state index contributed by atoms with van der Waals surface area (Å²) in [4.78, 5) is 22.3. The zero-order chi connectivity index (χ0) is 16.0. The van der Waals surface area contributed by atoms with Crippen molar-refractivity contribution in [3.63, 3.8) is 0 Å². The molecule has 9 heteroatoms. The van der Waals surface area contributed by atoms with Crippen molar-refractivity contribution in [3.8, 4) is 0 Å². The highest BCUT2D eigenvalue weighted by molar-refractivity contribution is 9.10. The van der Waals surface area contributed by atoms with E-state index in [0.29, 0.717) is 4.47 Å². The summed E-state index contributed by atoms with van der Waals surface area (Å²) in [6.45, 7) is -0.131. The van der Waals surface area contributed by atoms with Gasteiger partial charge in [-0.3, -0.25) is 0 Å². The zero-order valence-corrected chi connectivity index (χ0v) is 12.2. The number of anilines is 1. The van der Waals surface area contributed by atoms with E-state index in [9.17, 15) is 22.8 Å². The standard InChI is InChI=1S/C12H12BrF3N2O3/c13-9-3-2-7(6-8(9)10(19)20)18-11(21)17-5-1-4-12(14,15)16/h2-3,6H,1,4-5H2,(H,19,20)(H2,17,18,21). The van der Waals surface area contributed by atoms with Crippen LogP contribution in [0.5, 0.6) is 0 Å². The quantitative estimate of drug-likeness (QED) is 0.694. The highest BCUT2D eigenvalue weighted by atomic mass is 79.9. The molecule has 1 aromatic carbocycles. The molecule has 21 heavy (non-hydrogen) atoms. The van der Waals surface area contributed by atoms with Gasteiger partial charge in [0.05, 0.1) is 5.56 Å². The maximum Gasteiger partial charge on any atom is 0.389 e. The molecule has 0 saturated heterocycles. The van der Waals surface area contributed by atoms with E-state index in [1.54, 1.807) is 0 Å². The van der Waals surface area contributed by atoms with Gasteiger partial charge in [-0.15, -0.1) is 0 Å². The Labute approximate surface area is 126 Å². The predicted octanol–water partition coefficient (Wildman–Crippen LogP) is 3.61. The first-order chi connectivity index (χ1) is 9.69. The highest BCUT2D eigenvalue weighted by Crippen LogP contribution is 2.22. The number of carboxylic acid groups (broad SMARTS) is 1. The summed E-state index contributed by atoms with van der Waals surface area (Å²) in [6, 6.07) is 3.45. The van der Waals surface area contributed by atoms with Gasteiger partial charge < -0.3 is 15.7 Å². The maximum atomic E-state index is 11.9. The number of carbonyl (C=O) groups excluding carboxylic acids is 1. The fourth-order valence-corrected chi connectivity index (χ4v) is 1.85. The molecule has 0 spiro atoms. The van der Waals surface area contributed by atoms with Crippen LogP contribution in [0.3, 0.4) is 0 Å². The minimum atomic E-state index is -4.25. The lowest BCUT2D eigenvalue weighted by Crippen LogP contribution is -2.30. The predicted molar refractivity (Wildman–Crippen MR) is 73.4 cm³/mol. The lowest BCUT2D eigenvalue weighted by Gasteiger charge is -2.10. The lowest BCUT2D eigenvalue weighted by molar-refractivity contribution is -0.135. The van der Waals surface area contributed by atoms with Crippen molar-refractivity contribution >= 4 is 33.6 Å². The number of alkyl halides is 3. The molecule has 0 aliphatic rings. The van der Waals surface area contributed by atoms with Crippen LogP contribution in [-0.2, 0) is 0 Å². The van der Waals surface area contributed by atoms with Crippen molar-refractivity contribution in [2.24, 2.45) is 0 Å². The first-order valence-electron chi connectivity index (χ1n) is 5.83. The molecule has 5 nitrogen and oxygen atoms in total. The average Bonchev–Trinajstić information content (AvgIpc) is 2.35. The number of amides is 2. The van der Waals surface area contributed by atoms with Crippen LogP contribution in [0.4, 0.5) is 23.7 Å². The van der Waals surface area contributed by atoms with E-state index < -0.39 is 24.6 Å². The van der Waals surface area contributed by atoms with Crippen LogP contribution in [0.25, 0.3) is 0 Å². The number of nitrogens with one attached hydrogen (secondary N) is 2. The molecule has 1 aromatic rings. The summed E-state index contributed by atoms with van der Waals surface area (Å²) >= 11 is 3.05. The van der Waals surface area contributed by atoms with Gasteiger partial charge in [0.15, 0.2) is 0 Å². The van der Waals surface area contributed by atoms with Crippen molar-refractivity contribution in [2.45, 2.75) is 19.0 Å². The smallest absolute Gasteiger partial charge is 0.389 e. The minimum absolute atomic E-state index is 0.0372. The van der Waals surface area contributed by atoms with Crippen molar-refractivity contribution < 1.29 is 27.9 Å². The van der Waals surface area contributed by atoms with E-state index in [1.165, 1.54) is 18.2 Å². The Kier molecular flexibility index (Phi) is 6.01. The molecule has 0 aliphatic carbocycles. The Morgan fingerprint density at radius 2 is 1.95 bits per heavy atom. The van der Waals surface area contributed by atoms with E-state index >= 15 is 0 Å². The number of halogens is 4. The minimum Gasteiger partial charge on any atom is -0.478 e. The zero-order valence-electron chi connectivity index (χ0n) is 10.6. The number of hydrogen-bond acceptors (Lipinski definition) is 2. The molecule has 3 N–H and O–H groups in total. The normalized spacial score (nSPS) is 11.0. The van der Waals surface area contributed by atoms with Crippen molar-refractivity contribution in [1.29, 1.82) is 0 Å². The first kappa shape index (κ1) is 17.3. The fraction of sp³-hybridized carbons (Fsp3) is 0.333. The van der Waals surface area contributed by atoms with Crippen LogP contribution in [-0.4, -0.2) is 29.8 Å². The van der Waals surface area contributed by atoms with E-state index in [4.69, 9.17) is 5.11 Å². The molecule has 0 fully saturated rings. The highest BCUT2D eigenvalue weighted by Gasteiger charge is 2.25. The van der Waals surface area contributed by atoms with E-state index in [1.807, 2.05) is 0 Å². The fourth-order valence-electron chi connectivity index (χ4n) is 1.43. The largest absolute Gasteiger partial charge is 0.478 e. The molecule has 0 radical (unpaired) electrons. The van der Waals surface area contributed by atoms with Crippen molar-refractivity contribution in [1.82, 2.24) is 5.32 Å². The Balaban J connectivity index is 2.48. The summed E-state index contributed by atoms with van der Waals surface area (Å²) in [5.74, 6) is -1.17. The number of carboxylic acids is 1. The second-order valence-electron chi connectivity index (χ2n) is 4.10. The Morgan fingerprint density at radius 1 is 1.29 bits per heavy atom. The van der Waals surface area contributed by atoms with Gasteiger partial charge in [-0.2, -0.15) is 13.2 Å². The summed E-state index contributed by atoms with van der Waals surface area (Å²) in [6.07, 6.45) is -5.45. The number of urea groups is 1. The molecule has 0 saturated carbocycles. The van der Waals surface area contributed by atoms with Crippen LogP contribution >= 0.6 is 15.9 Å². The first-order valence-corrected chi connectivity index (χ1v) is 6.63. The molecule has 1 rings (SSSR count). The Morgan fingerprint density at radius 3 is 2.52 bits per heavy atom. The molecular weight excluding hydrogens is 357 g/mol. The number of carbonyl (C=O) groups is 2. The van der Waals surface area contributed by atoms with Gasteiger partial charge in [0.25, 0.3) is 0 Å². The Bertz CT molecular complexity index is 535. The van der Waals surface area contributed by atoms with Crippen LogP contribution in [0, 0.1) is 0 Å². The third-order valence-corrected chi connectivity index (χ3v) is 3.07. The van der Waals surface area contributed by atoms with E-state index in [0.717, 1.165) is 0 Å². The molecule has 2 amide bonds. The lowest BCUT2D eigenvalue weighted by atomic mass is 10.2. The van der Waals surface area contributed by atoms with E-state index in [-0.39, 0.29) is 24.2 Å². The van der Waals surface area contributed by atoms with E-state index in [2.05, 4.69) is 26.6 Å². The van der Waals surface area contributed by atoms with Gasteiger partial charge in [-0.1, -0.05) is 0 Å². The van der Waals surface area contributed by atoms with Gasteiger partial charge in [-0.25, -0.2) is 9.59 Å². The van der Waals surface area contributed by atoms with Gasteiger partial charge in [-0.05, 0) is 40.5 Å². The number of hydrogen-bond donors (Lipinski definition) is 3. The van der Waals surface area contributed by atoms with Gasteiger partial charge in [0, 0.05) is 23.1 Å². The third kappa shape index (κ3) is 6.48. The van der Waals surface area contributed by atoms with Gasteiger partial charge >= 0.3 is 18.2 Å². The Hall–Kier alpha value is -1.77. The van der Waals surface area contributed by atoms with Crippen LogP contribution in [0.1, 0.15) is 23.2 Å². The molecule has 0 bridgehead atoms. The molecule has 0 aliphatic heterocycles. The number of aromatic carboxylic acids is 1. The summed E-state index contributed by atoms with van der Waals surface area (Å²) in [5, 5.41) is 13.5. The maximum absolute atomic E-state index is 11.9. The van der Waals surface area contributed by atoms with Gasteiger partial charge in [0.2, 0.25) is 0 Å². The summed E-state index contributed by atoms with van der Waals surface area (Å²) < 4.78 is 36.0. The summed E-state index contributed by atoms with van der Waals surface area (Å²) in [7, 11) is 0. The molecule has 0 aromatic heterocycles. The average molecular weight is 369 g/mol. The van der Waals surface area contributed by atoms with Crippen LogP contribution in [0.2, 0.25) is 0 Å². The SMILES string of the molecule is O=C(NCCCC(F)(F)F)Nc1ccc(Br)c(C(=O)O)c1. The molecule has 116 valence electrons. The van der Waals surface area contributed by atoms with Crippen molar-refractivity contribution in [2.75, 3.05) is 11.9 Å². The van der Waals surface area contributed by atoms with Crippen LogP contribution in [0.15, 0.2) is 22.7 Å². The second-order valence-corrected chi connectivity index (χ2v) is 4.95. The molecule has 0 unspecified atom stereocenters. The third-order valence-electron chi connectivity index (χ3n) is 2.38. The number of rotatable bonds is 5. The van der Waals surface area contributed by atoms with Gasteiger partial charge in [0.1, 0.15) is 0 Å². The molecule has 0 heterocycles. The number of benzene rings is 1. The topological polar surface area (TPSA) is 78.4 Å². The van der Waals surface area contributed by atoms with Crippen molar-refractivity contribution in [3.05, 3.63) is 28.2 Å². The van der Waals surface area contributed by atoms with Crippen LogP contribution < -0.4 is 10.6 Å². The molecule has 0 atom stereocenters. The second kappa shape index (κ2) is 7.30. The summed E-state index contributed by atoms with van der Waals surface area (Å²) in [5.41, 5.74) is 0.189. The molecular formula is C12H12BrF3N2O3.